The molecule has 0 aliphatic heterocycles. The van der Waals surface area contributed by atoms with Gasteiger partial charge in [0.25, 0.3) is 0 Å². The van der Waals surface area contributed by atoms with E-state index in [-0.39, 0.29) is 17.3 Å². The average molecular weight is 484 g/mol. The van der Waals surface area contributed by atoms with Gasteiger partial charge in [0.1, 0.15) is 6.33 Å². The zero-order valence-corrected chi connectivity index (χ0v) is 21.9. The molecule has 2 rings (SSSR count). The van der Waals surface area contributed by atoms with Crippen molar-refractivity contribution >= 4 is 23.0 Å². The fourth-order valence-corrected chi connectivity index (χ4v) is 4.38. The molecule has 0 aliphatic carbocycles. The molecule has 35 heavy (non-hydrogen) atoms. The second kappa shape index (κ2) is 17.7. The summed E-state index contributed by atoms with van der Waals surface area (Å²) in [5, 5.41) is 18.1. The molecule has 1 aromatic heterocycles. The van der Waals surface area contributed by atoms with Crippen molar-refractivity contribution in [1.82, 2.24) is 9.97 Å². The monoisotopic (exact) mass is 483 g/mol. The highest BCUT2D eigenvalue weighted by Crippen LogP contribution is 2.32. The molecule has 7 heteroatoms. The number of aryl methyl sites for hydroxylation is 1. The minimum Gasteiger partial charge on any atom is -0.364 e. The third-order valence-electron chi connectivity index (χ3n) is 6.48. The summed E-state index contributed by atoms with van der Waals surface area (Å²) in [6.45, 7) is 4.99. The first-order valence-electron chi connectivity index (χ1n) is 13.8. The number of aromatic nitrogens is 2. The van der Waals surface area contributed by atoms with E-state index in [0.717, 1.165) is 30.5 Å². The van der Waals surface area contributed by atoms with Crippen molar-refractivity contribution < 1.29 is 4.92 Å². The molecule has 0 radical (unpaired) electrons. The summed E-state index contributed by atoms with van der Waals surface area (Å²) in [4.78, 5) is 19.7. The van der Waals surface area contributed by atoms with Crippen LogP contribution in [0.4, 0.5) is 23.0 Å². The summed E-state index contributed by atoms with van der Waals surface area (Å²) in [5.41, 5.74) is 1.80. The van der Waals surface area contributed by atoms with Crippen LogP contribution < -0.4 is 10.6 Å². The van der Waals surface area contributed by atoms with E-state index in [4.69, 9.17) is 0 Å². The molecule has 0 saturated heterocycles. The predicted molar refractivity (Wildman–Crippen MR) is 147 cm³/mol. The smallest absolute Gasteiger partial charge is 0.353 e. The summed E-state index contributed by atoms with van der Waals surface area (Å²) < 4.78 is 0. The van der Waals surface area contributed by atoms with E-state index < -0.39 is 4.92 Å². The molecule has 0 saturated carbocycles. The van der Waals surface area contributed by atoms with Crippen molar-refractivity contribution in [2.24, 2.45) is 0 Å². The highest BCUT2D eigenvalue weighted by Gasteiger charge is 2.23. The Bertz CT molecular complexity index is 859. The Morgan fingerprint density at radius 2 is 1.31 bits per heavy atom. The third-order valence-corrected chi connectivity index (χ3v) is 6.48. The van der Waals surface area contributed by atoms with Gasteiger partial charge < -0.3 is 10.6 Å². The van der Waals surface area contributed by atoms with Crippen LogP contribution in [-0.2, 0) is 6.42 Å². The van der Waals surface area contributed by atoms with Gasteiger partial charge in [0, 0.05) is 12.2 Å². The number of hydrogen-bond donors (Lipinski definition) is 2. The Labute approximate surface area is 211 Å². The van der Waals surface area contributed by atoms with E-state index in [1.165, 1.54) is 83.4 Å². The Balaban J connectivity index is 1.65. The predicted octanol–water partition coefficient (Wildman–Crippen LogP) is 8.58. The molecule has 2 aromatic rings. The van der Waals surface area contributed by atoms with Gasteiger partial charge in [-0.15, -0.1) is 0 Å². The molecule has 0 spiro atoms. The first-order chi connectivity index (χ1) is 17.2. The fraction of sp³-hybridized carbons (Fsp3) is 0.643. The molecule has 0 unspecified atom stereocenters. The van der Waals surface area contributed by atoms with Crippen LogP contribution in [0.25, 0.3) is 0 Å². The van der Waals surface area contributed by atoms with Gasteiger partial charge in [0.2, 0.25) is 11.6 Å². The van der Waals surface area contributed by atoms with E-state index in [9.17, 15) is 10.1 Å². The molecule has 0 bridgehead atoms. The Morgan fingerprint density at radius 1 is 0.771 bits per heavy atom. The van der Waals surface area contributed by atoms with Crippen molar-refractivity contribution in [1.29, 1.82) is 0 Å². The second-order valence-corrected chi connectivity index (χ2v) is 9.34. The van der Waals surface area contributed by atoms with Crippen LogP contribution in [0.5, 0.6) is 0 Å². The Hall–Kier alpha value is -2.70. The summed E-state index contributed by atoms with van der Waals surface area (Å²) in [6.07, 6.45) is 20.5. The number of benzene rings is 1. The zero-order valence-electron chi connectivity index (χ0n) is 21.9. The summed E-state index contributed by atoms with van der Waals surface area (Å²) in [5.74, 6) is 0.491. The topological polar surface area (TPSA) is 93.0 Å². The summed E-state index contributed by atoms with van der Waals surface area (Å²) in [7, 11) is 0. The van der Waals surface area contributed by atoms with Gasteiger partial charge in [-0.05, 0) is 24.5 Å². The Kier molecular flexibility index (Phi) is 14.4. The lowest BCUT2D eigenvalue weighted by atomic mass is 10.0. The molecule has 2 N–H and O–H groups in total. The molecule has 0 fully saturated rings. The SMILES string of the molecule is CCCCCCCCCCCCCCCCNc1ncnc(Nc2ccccc2CC)c1[N+](=O)[O-]. The first-order valence-corrected chi connectivity index (χ1v) is 13.8. The van der Waals surface area contributed by atoms with E-state index in [0.29, 0.717) is 6.54 Å². The fourth-order valence-electron chi connectivity index (χ4n) is 4.38. The number of nitrogens with one attached hydrogen (secondary N) is 2. The summed E-state index contributed by atoms with van der Waals surface area (Å²) in [6, 6.07) is 7.78. The van der Waals surface area contributed by atoms with Gasteiger partial charge in [-0.25, -0.2) is 9.97 Å². The Morgan fingerprint density at radius 3 is 1.89 bits per heavy atom. The van der Waals surface area contributed by atoms with Gasteiger partial charge in [0.05, 0.1) is 4.92 Å². The van der Waals surface area contributed by atoms with Crippen LogP contribution in [0, 0.1) is 10.1 Å². The number of rotatable bonds is 20. The number of nitro groups is 1. The number of unbranched alkanes of at least 4 members (excludes halogenated alkanes) is 13. The number of nitrogens with zero attached hydrogens (tertiary/aromatic N) is 3. The second-order valence-electron chi connectivity index (χ2n) is 9.34. The lowest BCUT2D eigenvalue weighted by Gasteiger charge is -2.12. The van der Waals surface area contributed by atoms with Gasteiger partial charge in [-0.1, -0.05) is 116 Å². The number of para-hydroxylation sites is 1. The average Bonchev–Trinajstić information content (AvgIpc) is 2.86. The lowest BCUT2D eigenvalue weighted by molar-refractivity contribution is -0.383. The van der Waals surface area contributed by atoms with E-state index >= 15 is 0 Å². The minimum absolute atomic E-state index is 0.108. The van der Waals surface area contributed by atoms with Crippen molar-refractivity contribution in [3.8, 4) is 0 Å². The van der Waals surface area contributed by atoms with Crippen LogP contribution in [0.3, 0.4) is 0 Å². The van der Waals surface area contributed by atoms with Gasteiger partial charge in [0.15, 0.2) is 0 Å². The molecular weight excluding hydrogens is 438 g/mol. The maximum absolute atomic E-state index is 11.8. The van der Waals surface area contributed by atoms with E-state index in [1.54, 1.807) is 0 Å². The van der Waals surface area contributed by atoms with Crippen molar-refractivity contribution in [3.05, 3.63) is 46.3 Å². The first kappa shape index (κ1) is 28.5. The highest BCUT2D eigenvalue weighted by atomic mass is 16.6. The quantitative estimate of drug-likeness (QED) is 0.111. The van der Waals surface area contributed by atoms with Crippen molar-refractivity contribution in [2.45, 2.75) is 110 Å². The van der Waals surface area contributed by atoms with E-state index in [2.05, 4.69) is 34.4 Å². The van der Waals surface area contributed by atoms with E-state index in [1.807, 2.05) is 24.3 Å². The molecule has 7 nitrogen and oxygen atoms in total. The molecular formula is C28H45N5O2. The molecule has 0 amide bonds. The maximum Gasteiger partial charge on any atom is 0.353 e. The van der Waals surface area contributed by atoms with Crippen molar-refractivity contribution in [2.75, 3.05) is 17.2 Å². The molecule has 0 atom stereocenters. The summed E-state index contributed by atoms with van der Waals surface area (Å²) >= 11 is 0. The minimum atomic E-state index is -0.412. The maximum atomic E-state index is 11.8. The molecule has 1 heterocycles. The standard InChI is InChI=1S/C28H45N5O2/c1-3-5-6-7-8-9-10-11-12-13-14-15-16-19-22-29-27-26(33(34)35)28(31-23-30-27)32-25-21-18-17-20-24(25)4-2/h17-18,20-21,23H,3-16,19,22H2,1-2H3,(H2,29,30,31,32). The number of hydrogen-bond acceptors (Lipinski definition) is 6. The van der Waals surface area contributed by atoms with Gasteiger partial charge in [-0.2, -0.15) is 0 Å². The number of anilines is 3. The van der Waals surface area contributed by atoms with Crippen LogP contribution in [0.2, 0.25) is 0 Å². The van der Waals surface area contributed by atoms with Crippen LogP contribution in [0.15, 0.2) is 30.6 Å². The normalized spacial score (nSPS) is 10.9. The van der Waals surface area contributed by atoms with Gasteiger partial charge >= 0.3 is 5.69 Å². The van der Waals surface area contributed by atoms with Crippen LogP contribution in [0.1, 0.15) is 109 Å². The molecule has 194 valence electrons. The molecule has 1 aromatic carbocycles. The largest absolute Gasteiger partial charge is 0.364 e. The van der Waals surface area contributed by atoms with Gasteiger partial charge in [-0.3, -0.25) is 10.1 Å². The highest BCUT2D eigenvalue weighted by molar-refractivity contribution is 5.74. The third kappa shape index (κ3) is 11.1. The van der Waals surface area contributed by atoms with Crippen LogP contribution >= 0.6 is 0 Å². The zero-order chi connectivity index (χ0) is 25.1. The van der Waals surface area contributed by atoms with Crippen LogP contribution in [-0.4, -0.2) is 21.4 Å². The van der Waals surface area contributed by atoms with Crippen molar-refractivity contribution in [3.63, 3.8) is 0 Å². The lowest BCUT2D eigenvalue weighted by Crippen LogP contribution is -2.09. The molecule has 0 aliphatic rings.